The molecule has 2 rings (SSSR count). The summed E-state index contributed by atoms with van der Waals surface area (Å²) in [5.41, 5.74) is 6.94. The van der Waals surface area contributed by atoms with Crippen molar-refractivity contribution in [3.63, 3.8) is 0 Å². The first-order valence-corrected chi connectivity index (χ1v) is 8.42. The first kappa shape index (κ1) is 16.0. The maximum Gasteiger partial charge on any atom is 0.240 e. The zero-order chi connectivity index (χ0) is 15.3. The molecule has 0 amide bonds. The van der Waals surface area contributed by atoms with Crippen LogP contribution in [-0.4, -0.2) is 34.2 Å². The fraction of sp³-hybridized carbons (Fsp3) is 0.467. The van der Waals surface area contributed by atoms with Crippen LogP contribution in [0.25, 0.3) is 0 Å². The van der Waals surface area contributed by atoms with Gasteiger partial charge in [-0.3, -0.25) is 0 Å². The summed E-state index contributed by atoms with van der Waals surface area (Å²) in [5, 5.41) is 0. The number of nitrogens with one attached hydrogen (secondary N) is 1. The van der Waals surface area contributed by atoms with Crippen molar-refractivity contribution in [2.45, 2.75) is 30.8 Å². The summed E-state index contributed by atoms with van der Waals surface area (Å²) in [6.07, 6.45) is 1.87. The second-order valence-corrected chi connectivity index (χ2v) is 6.74. The van der Waals surface area contributed by atoms with Gasteiger partial charge in [-0.05, 0) is 43.5 Å². The molecule has 3 N–H and O–H groups in total. The number of benzene rings is 1. The van der Waals surface area contributed by atoms with Gasteiger partial charge in [0.05, 0.1) is 17.5 Å². The Morgan fingerprint density at radius 2 is 2.29 bits per heavy atom. The minimum absolute atomic E-state index is 0.0180. The number of sulfonamides is 1. The molecule has 114 valence electrons. The van der Waals surface area contributed by atoms with E-state index in [1.54, 1.807) is 18.2 Å². The van der Waals surface area contributed by atoms with Crippen LogP contribution < -0.4 is 10.5 Å². The number of ether oxygens (including phenoxy) is 1. The average molecular weight is 308 g/mol. The van der Waals surface area contributed by atoms with Gasteiger partial charge in [-0.1, -0.05) is 11.8 Å². The predicted molar refractivity (Wildman–Crippen MR) is 81.3 cm³/mol. The van der Waals surface area contributed by atoms with E-state index in [0.29, 0.717) is 13.2 Å². The van der Waals surface area contributed by atoms with Gasteiger partial charge < -0.3 is 10.5 Å². The summed E-state index contributed by atoms with van der Waals surface area (Å²) < 4.78 is 32.5. The summed E-state index contributed by atoms with van der Waals surface area (Å²) in [4.78, 5) is 0.247. The molecule has 1 aromatic rings. The van der Waals surface area contributed by atoms with Gasteiger partial charge in [0.1, 0.15) is 0 Å². The van der Waals surface area contributed by atoms with Gasteiger partial charge in [0, 0.05) is 18.7 Å². The SMILES string of the molecule is Cc1cc(S(=O)(=O)NCC2CCCO2)ccc1C#CCN. The Morgan fingerprint density at radius 1 is 1.48 bits per heavy atom. The van der Waals surface area contributed by atoms with E-state index in [1.165, 1.54) is 0 Å². The third-order valence-electron chi connectivity index (χ3n) is 3.36. The van der Waals surface area contributed by atoms with Gasteiger partial charge in [-0.15, -0.1) is 0 Å². The molecular formula is C15H20N2O3S. The fourth-order valence-corrected chi connectivity index (χ4v) is 3.33. The third-order valence-corrected chi connectivity index (χ3v) is 4.78. The van der Waals surface area contributed by atoms with Crippen molar-refractivity contribution in [2.24, 2.45) is 5.73 Å². The first-order chi connectivity index (χ1) is 10.0. The van der Waals surface area contributed by atoms with Crippen molar-refractivity contribution in [2.75, 3.05) is 19.7 Å². The smallest absolute Gasteiger partial charge is 0.240 e. The molecule has 1 saturated heterocycles. The van der Waals surface area contributed by atoms with Crippen LogP contribution in [-0.2, 0) is 14.8 Å². The minimum atomic E-state index is -3.51. The summed E-state index contributed by atoms with van der Waals surface area (Å²) in [6.45, 7) is 3.14. The molecule has 0 aromatic heterocycles. The number of hydrogen-bond donors (Lipinski definition) is 2. The zero-order valence-electron chi connectivity index (χ0n) is 12.1. The van der Waals surface area contributed by atoms with Gasteiger partial charge in [0.15, 0.2) is 0 Å². The Morgan fingerprint density at radius 3 is 2.90 bits per heavy atom. The van der Waals surface area contributed by atoms with E-state index in [-0.39, 0.29) is 17.5 Å². The lowest BCUT2D eigenvalue weighted by Crippen LogP contribution is -2.31. The van der Waals surface area contributed by atoms with Crippen LogP contribution in [0.5, 0.6) is 0 Å². The lowest BCUT2D eigenvalue weighted by molar-refractivity contribution is 0.114. The quantitative estimate of drug-likeness (QED) is 0.805. The highest BCUT2D eigenvalue weighted by Crippen LogP contribution is 2.16. The van der Waals surface area contributed by atoms with Gasteiger partial charge >= 0.3 is 0 Å². The van der Waals surface area contributed by atoms with Crippen LogP contribution in [0, 0.1) is 18.8 Å². The van der Waals surface area contributed by atoms with Crippen LogP contribution in [0.4, 0.5) is 0 Å². The van der Waals surface area contributed by atoms with E-state index in [4.69, 9.17) is 10.5 Å². The molecule has 6 heteroatoms. The standard InChI is InChI=1S/C15H20N2O3S/c1-12-10-15(7-6-13(12)4-2-8-16)21(18,19)17-11-14-5-3-9-20-14/h6-7,10,14,17H,3,5,8-9,11,16H2,1H3. The molecule has 0 aliphatic carbocycles. The molecule has 1 fully saturated rings. The molecule has 21 heavy (non-hydrogen) atoms. The molecule has 1 aliphatic heterocycles. The van der Waals surface area contributed by atoms with Gasteiger partial charge in [0.25, 0.3) is 0 Å². The predicted octanol–water partition coefficient (Wildman–Crippen LogP) is 0.763. The molecule has 5 nitrogen and oxygen atoms in total. The molecular weight excluding hydrogens is 288 g/mol. The molecule has 1 aromatic carbocycles. The highest BCUT2D eigenvalue weighted by atomic mass is 32.2. The number of hydrogen-bond acceptors (Lipinski definition) is 4. The Balaban J connectivity index is 2.10. The van der Waals surface area contributed by atoms with Crippen molar-refractivity contribution in [3.8, 4) is 11.8 Å². The van der Waals surface area contributed by atoms with E-state index in [2.05, 4.69) is 16.6 Å². The molecule has 0 saturated carbocycles. The van der Waals surface area contributed by atoms with Crippen LogP contribution in [0.15, 0.2) is 23.1 Å². The van der Waals surface area contributed by atoms with Crippen LogP contribution in [0.1, 0.15) is 24.0 Å². The monoisotopic (exact) mass is 308 g/mol. The molecule has 1 atom stereocenters. The first-order valence-electron chi connectivity index (χ1n) is 6.94. The average Bonchev–Trinajstić information content (AvgIpc) is 2.97. The number of nitrogens with two attached hydrogens (primary N) is 1. The van der Waals surface area contributed by atoms with Crippen molar-refractivity contribution < 1.29 is 13.2 Å². The number of rotatable bonds is 4. The van der Waals surface area contributed by atoms with Crippen LogP contribution >= 0.6 is 0 Å². The fourth-order valence-electron chi connectivity index (χ4n) is 2.18. The molecule has 0 bridgehead atoms. The number of aryl methyl sites for hydroxylation is 1. The van der Waals surface area contributed by atoms with E-state index >= 15 is 0 Å². The largest absolute Gasteiger partial charge is 0.377 e. The van der Waals surface area contributed by atoms with E-state index < -0.39 is 10.0 Å². The van der Waals surface area contributed by atoms with Crippen molar-refractivity contribution in [3.05, 3.63) is 29.3 Å². The molecule has 0 radical (unpaired) electrons. The highest BCUT2D eigenvalue weighted by molar-refractivity contribution is 7.89. The van der Waals surface area contributed by atoms with Crippen molar-refractivity contribution in [1.29, 1.82) is 0 Å². The summed E-state index contributed by atoms with van der Waals surface area (Å²) in [5.74, 6) is 5.68. The Bertz CT molecular complexity index is 653. The van der Waals surface area contributed by atoms with E-state index in [9.17, 15) is 8.42 Å². The van der Waals surface area contributed by atoms with E-state index in [1.807, 2.05) is 6.92 Å². The lowest BCUT2D eigenvalue weighted by atomic mass is 10.1. The minimum Gasteiger partial charge on any atom is -0.377 e. The topological polar surface area (TPSA) is 81.4 Å². The van der Waals surface area contributed by atoms with Gasteiger partial charge in [-0.2, -0.15) is 0 Å². The van der Waals surface area contributed by atoms with Gasteiger partial charge in [0.2, 0.25) is 10.0 Å². The van der Waals surface area contributed by atoms with Crippen LogP contribution in [0.3, 0.4) is 0 Å². The Kier molecular flexibility index (Phi) is 5.37. The van der Waals surface area contributed by atoms with Crippen molar-refractivity contribution >= 4 is 10.0 Å². The Hall–Kier alpha value is -1.39. The normalized spacial score (nSPS) is 18.3. The summed E-state index contributed by atoms with van der Waals surface area (Å²) in [6, 6.07) is 4.89. The summed E-state index contributed by atoms with van der Waals surface area (Å²) >= 11 is 0. The van der Waals surface area contributed by atoms with Crippen LogP contribution in [0.2, 0.25) is 0 Å². The highest BCUT2D eigenvalue weighted by Gasteiger charge is 2.20. The van der Waals surface area contributed by atoms with Gasteiger partial charge in [-0.25, -0.2) is 13.1 Å². The second kappa shape index (κ2) is 7.05. The molecule has 1 aliphatic rings. The zero-order valence-corrected chi connectivity index (χ0v) is 12.9. The van der Waals surface area contributed by atoms with E-state index in [0.717, 1.165) is 24.0 Å². The Labute approximate surface area is 125 Å². The van der Waals surface area contributed by atoms with Crippen molar-refractivity contribution in [1.82, 2.24) is 4.72 Å². The third kappa shape index (κ3) is 4.29. The maximum absolute atomic E-state index is 12.2. The molecule has 1 unspecified atom stereocenters. The second-order valence-electron chi connectivity index (χ2n) is 4.97. The molecule has 1 heterocycles. The maximum atomic E-state index is 12.2. The molecule has 0 spiro atoms. The summed E-state index contributed by atoms with van der Waals surface area (Å²) in [7, 11) is -3.51. The lowest BCUT2D eigenvalue weighted by Gasteiger charge is -2.12.